The lowest BCUT2D eigenvalue weighted by Gasteiger charge is -2.29. The van der Waals surface area contributed by atoms with E-state index < -0.39 is 5.41 Å². The molecule has 0 aromatic heterocycles. The van der Waals surface area contributed by atoms with Gasteiger partial charge in [-0.05, 0) is 13.8 Å². The highest BCUT2D eigenvalue weighted by molar-refractivity contribution is 6.06. The van der Waals surface area contributed by atoms with E-state index in [1.165, 1.54) is 0 Å². The Bertz CT molecular complexity index is 351. The Labute approximate surface area is 99.6 Å². The minimum atomic E-state index is -1.07. The van der Waals surface area contributed by atoms with Gasteiger partial charge in [-0.2, -0.15) is 0 Å². The quantitative estimate of drug-likeness (QED) is 0.252. The molecular formula is C10H18N4O3. The molecule has 1 aliphatic rings. The molecule has 1 heterocycles. The van der Waals surface area contributed by atoms with E-state index in [1.54, 1.807) is 18.7 Å². The van der Waals surface area contributed by atoms with Crippen LogP contribution in [0.1, 0.15) is 20.3 Å². The van der Waals surface area contributed by atoms with E-state index in [1.807, 2.05) is 0 Å². The predicted molar refractivity (Wildman–Crippen MR) is 61.4 cm³/mol. The minimum Gasteiger partial charge on any atom is -0.409 e. The van der Waals surface area contributed by atoms with E-state index in [4.69, 9.17) is 10.9 Å². The zero-order valence-corrected chi connectivity index (χ0v) is 10.1. The van der Waals surface area contributed by atoms with Crippen molar-refractivity contribution in [2.24, 2.45) is 16.3 Å². The molecule has 1 fully saturated rings. The molecule has 0 bridgehead atoms. The van der Waals surface area contributed by atoms with Crippen LogP contribution in [0.5, 0.6) is 0 Å². The molecule has 7 heteroatoms. The third-order valence-corrected chi connectivity index (χ3v) is 2.88. The van der Waals surface area contributed by atoms with Crippen LogP contribution in [0.25, 0.3) is 0 Å². The van der Waals surface area contributed by atoms with Gasteiger partial charge in [0.25, 0.3) is 0 Å². The van der Waals surface area contributed by atoms with Gasteiger partial charge in [0, 0.05) is 26.1 Å². The highest BCUT2D eigenvalue weighted by Crippen LogP contribution is 2.19. The van der Waals surface area contributed by atoms with Crippen LogP contribution in [-0.2, 0) is 9.59 Å². The lowest BCUT2D eigenvalue weighted by molar-refractivity contribution is -0.136. The zero-order valence-electron chi connectivity index (χ0n) is 10.1. The maximum absolute atomic E-state index is 12.2. The number of oxime groups is 1. The van der Waals surface area contributed by atoms with E-state index in [0.29, 0.717) is 19.6 Å². The molecule has 0 aliphatic carbocycles. The summed E-state index contributed by atoms with van der Waals surface area (Å²) in [6.07, 6.45) is 0.276. The van der Waals surface area contributed by atoms with Crippen molar-refractivity contribution in [3.63, 3.8) is 0 Å². The highest BCUT2D eigenvalue weighted by Gasteiger charge is 2.36. The fraction of sp³-hybridized carbons (Fsp3) is 0.700. The maximum Gasteiger partial charge on any atom is 0.236 e. The van der Waals surface area contributed by atoms with E-state index >= 15 is 0 Å². The Balaban J connectivity index is 2.78. The summed E-state index contributed by atoms with van der Waals surface area (Å²) in [4.78, 5) is 24.9. The topological polar surface area (TPSA) is 108 Å². The predicted octanol–water partition coefficient (Wildman–Crippen LogP) is -0.892. The molecule has 1 saturated heterocycles. The fourth-order valence-electron chi connectivity index (χ4n) is 1.60. The molecule has 4 N–H and O–H groups in total. The molecule has 0 aromatic rings. The molecule has 0 aromatic carbocycles. The van der Waals surface area contributed by atoms with Crippen LogP contribution in [0.15, 0.2) is 5.16 Å². The van der Waals surface area contributed by atoms with Crippen molar-refractivity contribution in [2.75, 3.05) is 19.6 Å². The summed E-state index contributed by atoms with van der Waals surface area (Å²) in [5.41, 5.74) is 4.43. The van der Waals surface area contributed by atoms with Crippen molar-refractivity contribution in [1.29, 1.82) is 0 Å². The Kier molecular flexibility index (Phi) is 3.93. The van der Waals surface area contributed by atoms with Gasteiger partial charge < -0.3 is 21.2 Å². The largest absolute Gasteiger partial charge is 0.409 e. The average Bonchev–Trinajstić information content (AvgIpc) is 2.51. The van der Waals surface area contributed by atoms with Gasteiger partial charge in [-0.25, -0.2) is 0 Å². The van der Waals surface area contributed by atoms with Crippen LogP contribution in [0.2, 0.25) is 0 Å². The monoisotopic (exact) mass is 242 g/mol. The Morgan fingerprint density at radius 3 is 2.76 bits per heavy atom. The van der Waals surface area contributed by atoms with Gasteiger partial charge in [-0.3, -0.25) is 9.59 Å². The highest BCUT2D eigenvalue weighted by atomic mass is 16.4. The third kappa shape index (κ3) is 2.86. The number of amides is 2. The van der Waals surface area contributed by atoms with Crippen molar-refractivity contribution >= 4 is 17.6 Å². The van der Waals surface area contributed by atoms with Gasteiger partial charge >= 0.3 is 0 Å². The number of nitrogens with zero attached hydrogens (tertiary/aromatic N) is 2. The van der Waals surface area contributed by atoms with Crippen LogP contribution in [-0.4, -0.2) is 47.4 Å². The average molecular weight is 242 g/mol. The number of hydrogen-bond acceptors (Lipinski definition) is 4. The second kappa shape index (κ2) is 5.03. The Hall–Kier alpha value is -1.79. The molecule has 17 heavy (non-hydrogen) atoms. The first-order valence-electron chi connectivity index (χ1n) is 5.43. The summed E-state index contributed by atoms with van der Waals surface area (Å²) in [6.45, 7) is 4.39. The first-order valence-corrected chi connectivity index (χ1v) is 5.43. The summed E-state index contributed by atoms with van der Waals surface area (Å²) in [6, 6.07) is 0. The maximum atomic E-state index is 12.2. The summed E-state index contributed by atoms with van der Waals surface area (Å²) >= 11 is 0. The smallest absolute Gasteiger partial charge is 0.236 e. The standard InChI is InChI=1S/C10H18N4O3/c1-10(2,8(11)13-17)9(16)14-5-3-7(15)12-4-6-14/h17H,3-6H2,1-2H3,(H2,11,13)(H,12,15). The summed E-state index contributed by atoms with van der Waals surface area (Å²) < 4.78 is 0. The van der Waals surface area contributed by atoms with Gasteiger partial charge in [0.2, 0.25) is 11.8 Å². The molecule has 2 amide bonds. The van der Waals surface area contributed by atoms with Crippen molar-refractivity contribution in [3.05, 3.63) is 0 Å². The van der Waals surface area contributed by atoms with Gasteiger partial charge in [0.05, 0.1) is 0 Å². The Morgan fingerprint density at radius 1 is 1.53 bits per heavy atom. The van der Waals surface area contributed by atoms with Crippen LogP contribution in [0, 0.1) is 5.41 Å². The number of carbonyl (C=O) groups excluding carboxylic acids is 2. The van der Waals surface area contributed by atoms with Crippen molar-refractivity contribution in [2.45, 2.75) is 20.3 Å². The molecule has 0 saturated carbocycles. The lowest BCUT2D eigenvalue weighted by atomic mass is 9.90. The SMILES string of the molecule is CC(C)(C(=O)N1CCNC(=O)CC1)C(N)=NO. The van der Waals surface area contributed by atoms with E-state index in [2.05, 4.69) is 10.5 Å². The number of hydrogen-bond donors (Lipinski definition) is 3. The van der Waals surface area contributed by atoms with Crippen molar-refractivity contribution in [1.82, 2.24) is 10.2 Å². The van der Waals surface area contributed by atoms with Crippen LogP contribution in [0.4, 0.5) is 0 Å². The first kappa shape index (κ1) is 13.3. The van der Waals surface area contributed by atoms with Gasteiger partial charge in [-0.1, -0.05) is 5.16 Å². The molecule has 96 valence electrons. The molecule has 7 nitrogen and oxygen atoms in total. The second-order valence-electron chi connectivity index (χ2n) is 4.50. The first-order chi connectivity index (χ1) is 7.89. The molecule has 1 rings (SSSR count). The van der Waals surface area contributed by atoms with E-state index in [-0.39, 0.29) is 24.1 Å². The van der Waals surface area contributed by atoms with Crippen molar-refractivity contribution < 1.29 is 14.8 Å². The fourth-order valence-corrected chi connectivity index (χ4v) is 1.60. The number of nitrogens with two attached hydrogens (primary N) is 1. The Morgan fingerprint density at radius 2 is 2.18 bits per heavy atom. The summed E-state index contributed by atoms with van der Waals surface area (Å²) in [5, 5.41) is 14.2. The third-order valence-electron chi connectivity index (χ3n) is 2.88. The number of amidine groups is 1. The molecular weight excluding hydrogens is 224 g/mol. The van der Waals surface area contributed by atoms with Crippen LogP contribution < -0.4 is 11.1 Å². The molecule has 0 radical (unpaired) electrons. The van der Waals surface area contributed by atoms with E-state index in [9.17, 15) is 9.59 Å². The summed E-state index contributed by atoms with van der Waals surface area (Å²) in [7, 11) is 0. The molecule has 0 atom stereocenters. The lowest BCUT2D eigenvalue weighted by Crippen LogP contribution is -2.48. The van der Waals surface area contributed by atoms with Gasteiger partial charge in [0.1, 0.15) is 5.41 Å². The van der Waals surface area contributed by atoms with Crippen LogP contribution >= 0.6 is 0 Å². The summed E-state index contributed by atoms with van der Waals surface area (Å²) in [5.74, 6) is -0.447. The minimum absolute atomic E-state index is 0.0677. The molecule has 1 aliphatic heterocycles. The van der Waals surface area contributed by atoms with Crippen molar-refractivity contribution in [3.8, 4) is 0 Å². The van der Waals surface area contributed by atoms with Crippen LogP contribution in [0.3, 0.4) is 0 Å². The molecule has 0 unspecified atom stereocenters. The number of carbonyl (C=O) groups is 2. The molecule has 0 spiro atoms. The number of rotatable bonds is 2. The van der Waals surface area contributed by atoms with Gasteiger partial charge in [-0.15, -0.1) is 0 Å². The number of nitrogens with one attached hydrogen (secondary N) is 1. The normalized spacial score (nSPS) is 18.6. The van der Waals surface area contributed by atoms with Gasteiger partial charge in [0.15, 0.2) is 5.84 Å². The second-order valence-corrected chi connectivity index (χ2v) is 4.50. The van der Waals surface area contributed by atoms with E-state index in [0.717, 1.165) is 0 Å². The zero-order chi connectivity index (χ0) is 13.1.